The minimum absolute atomic E-state index is 0.0926. The zero-order valence-corrected chi connectivity index (χ0v) is 21.3. The Morgan fingerprint density at radius 3 is 2.71 bits per heavy atom. The van der Waals surface area contributed by atoms with Gasteiger partial charge in [-0.2, -0.15) is 5.10 Å². The van der Waals surface area contributed by atoms with Crippen LogP contribution in [0.5, 0.6) is 0 Å². The molecule has 0 fully saturated rings. The molecule has 178 valence electrons. The average molecular weight is 498 g/mol. The van der Waals surface area contributed by atoms with Crippen molar-refractivity contribution < 1.29 is 9.59 Å². The Labute approximate surface area is 208 Å². The van der Waals surface area contributed by atoms with Crippen molar-refractivity contribution in [2.45, 2.75) is 38.0 Å². The van der Waals surface area contributed by atoms with Crippen molar-refractivity contribution in [3.63, 3.8) is 0 Å². The Morgan fingerprint density at radius 1 is 1.24 bits per heavy atom. The predicted molar refractivity (Wildman–Crippen MR) is 136 cm³/mol. The number of rotatable bonds is 5. The summed E-state index contributed by atoms with van der Waals surface area (Å²) in [4.78, 5) is 32.0. The fourth-order valence-corrected chi connectivity index (χ4v) is 5.45. The molecule has 0 bridgehead atoms. The van der Waals surface area contributed by atoms with Crippen LogP contribution in [0.15, 0.2) is 48.7 Å². The number of hydrogen-bond acceptors (Lipinski definition) is 5. The number of fused-ring (bicyclic) bond motifs is 1. The molecule has 0 saturated heterocycles. The summed E-state index contributed by atoms with van der Waals surface area (Å²) in [5, 5.41) is 8.20. The third kappa shape index (κ3) is 5.13. The molecule has 0 saturated carbocycles. The first-order chi connectivity index (χ1) is 16.1. The van der Waals surface area contributed by atoms with Gasteiger partial charge in [-0.1, -0.05) is 50.6 Å². The van der Waals surface area contributed by atoms with Crippen molar-refractivity contribution in [3.05, 3.63) is 76.2 Å². The maximum atomic E-state index is 13.3. The summed E-state index contributed by atoms with van der Waals surface area (Å²) < 4.78 is 1.73. The monoisotopic (exact) mass is 497 g/mol. The highest BCUT2D eigenvalue weighted by Gasteiger charge is 2.38. The molecule has 3 heterocycles. The van der Waals surface area contributed by atoms with Crippen molar-refractivity contribution in [2.24, 2.45) is 7.05 Å². The lowest BCUT2D eigenvalue weighted by Crippen LogP contribution is -2.42. The van der Waals surface area contributed by atoms with Crippen molar-refractivity contribution >= 4 is 41.0 Å². The predicted octanol–water partition coefficient (Wildman–Crippen LogP) is 4.25. The van der Waals surface area contributed by atoms with Crippen LogP contribution < -0.4 is 10.2 Å². The highest BCUT2D eigenvalue weighted by molar-refractivity contribution is 8.00. The van der Waals surface area contributed by atoms with Crippen LogP contribution in [0.3, 0.4) is 0 Å². The molecule has 4 rings (SSSR count). The molecule has 0 spiro atoms. The molecular weight excluding hydrogens is 470 g/mol. The van der Waals surface area contributed by atoms with Crippen molar-refractivity contribution in [3.8, 4) is 0 Å². The molecule has 1 N–H and O–H groups in total. The van der Waals surface area contributed by atoms with E-state index in [4.69, 9.17) is 16.7 Å². The van der Waals surface area contributed by atoms with Gasteiger partial charge in [-0.3, -0.25) is 24.2 Å². The lowest BCUT2D eigenvalue weighted by atomic mass is 9.87. The lowest BCUT2D eigenvalue weighted by Gasteiger charge is -2.24. The van der Waals surface area contributed by atoms with Crippen LogP contribution in [-0.2, 0) is 28.6 Å². The summed E-state index contributed by atoms with van der Waals surface area (Å²) in [6.07, 6.45) is 1.68. The molecule has 1 aromatic carbocycles. The van der Waals surface area contributed by atoms with E-state index >= 15 is 0 Å². The number of thioether (sulfide) groups is 1. The highest BCUT2D eigenvalue weighted by Crippen LogP contribution is 2.47. The van der Waals surface area contributed by atoms with Gasteiger partial charge in [0.05, 0.1) is 28.9 Å². The maximum absolute atomic E-state index is 13.3. The number of aryl methyl sites for hydroxylation is 1. The van der Waals surface area contributed by atoms with Crippen LogP contribution in [0.1, 0.15) is 48.5 Å². The molecule has 1 aliphatic heterocycles. The Kier molecular flexibility index (Phi) is 7.00. The van der Waals surface area contributed by atoms with Crippen LogP contribution in [0.4, 0.5) is 5.82 Å². The normalized spacial score (nSPS) is 16.2. The Hall–Kier alpha value is -2.84. The number of nitrogens with zero attached hydrogens (tertiary/aromatic N) is 4. The first kappa shape index (κ1) is 24.3. The number of anilines is 1. The van der Waals surface area contributed by atoms with Gasteiger partial charge in [0.1, 0.15) is 12.4 Å². The van der Waals surface area contributed by atoms with Gasteiger partial charge >= 0.3 is 0 Å². The Balaban J connectivity index is 1.72. The molecule has 34 heavy (non-hydrogen) atoms. The molecule has 7 nitrogen and oxygen atoms in total. The second-order valence-electron chi connectivity index (χ2n) is 9.28. The molecule has 2 aromatic heterocycles. The van der Waals surface area contributed by atoms with Crippen LogP contribution in [0, 0.1) is 0 Å². The number of carbonyl (C=O) groups is 2. The Morgan fingerprint density at radius 2 is 2.03 bits per heavy atom. The van der Waals surface area contributed by atoms with E-state index in [2.05, 4.69) is 31.1 Å². The van der Waals surface area contributed by atoms with E-state index in [9.17, 15) is 9.59 Å². The minimum Gasteiger partial charge on any atom is -0.349 e. The second-order valence-corrected chi connectivity index (χ2v) is 10.8. The molecule has 9 heteroatoms. The second kappa shape index (κ2) is 9.80. The van der Waals surface area contributed by atoms with E-state index < -0.39 is 0 Å². The van der Waals surface area contributed by atoms with Gasteiger partial charge in [-0.05, 0) is 29.8 Å². The molecule has 0 radical (unpaired) electrons. The third-order valence-electron chi connectivity index (χ3n) is 5.60. The van der Waals surface area contributed by atoms with E-state index in [0.29, 0.717) is 17.4 Å². The van der Waals surface area contributed by atoms with Crippen LogP contribution >= 0.6 is 23.4 Å². The molecule has 0 aliphatic carbocycles. The maximum Gasteiger partial charge on any atom is 0.240 e. The molecule has 1 aliphatic rings. The number of amides is 2. The number of carbonyl (C=O) groups excluding carboxylic acids is 2. The number of halogens is 1. The molecular formula is C25H28ClN5O2S. The summed E-state index contributed by atoms with van der Waals surface area (Å²) in [5.74, 6) is 0.503. The van der Waals surface area contributed by atoms with E-state index in [1.54, 1.807) is 15.8 Å². The lowest BCUT2D eigenvalue weighted by molar-refractivity contribution is -0.123. The zero-order valence-electron chi connectivity index (χ0n) is 19.7. The van der Waals surface area contributed by atoms with Crippen LogP contribution in [-0.4, -0.2) is 38.9 Å². The van der Waals surface area contributed by atoms with E-state index in [0.717, 1.165) is 22.5 Å². The summed E-state index contributed by atoms with van der Waals surface area (Å²) in [6, 6.07) is 13.3. The van der Waals surface area contributed by atoms with Gasteiger partial charge in [0.15, 0.2) is 0 Å². The van der Waals surface area contributed by atoms with Gasteiger partial charge in [0.25, 0.3) is 0 Å². The summed E-state index contributed by atoms with van der Waals surface area (Å²) in [5.41, 5.74) is 3.35. The minimum atomic E-state index is -0.261. The third-order valence-corrected chi connectivity index (χ3v) is 7.09. The van der Waals surface area contributed by atoms with Gasteiger partial charge in [-0.25, -0.2) is 0 Å². The van der Waals surface area contributed by atoms with Crippen LogP contribution in [0.25, 0.3) is 0 Å². The fourth-order valence-electron chi connectivity index (χ4n) is 4.07. The molecule has 2 amide bonds. The van der Waals surface area contributed by atoms with E-state index in [-0.39, 0.29) is 34.8 Å². The SMILES string of the molecule is Cn1nc(C(C)(C)C)c2c1N(CC(=O)NCc1ccccn1)C(=O)CSC2c1cccc(Cl)c1. The van der Waals surface area contributed by atoms with Crippen molar-refractivity contribution in [2.75, 3.05) is 17.2 Å². The highest BCUT2D eigenvalue weighted by atomic mass is 35.5. The number of pyridine rings is 1. The Bertz CT molecular complexity index is 1210. The van der Waals surface area contributed by atoms with Crippen LogP contribution in [0.2, 0.25) is 5.02 Å². The number of benzene rings is 1. The fraction of sp³-hybridized carbons (Fsp3) is 0.360. The number of hydrogen-bond donors (Lipinski definition) is 1. The van der Waals surface area contributed by atoms with Crippen molar-refractivity contribution in [1.29, 1.82) is 0 Å². The quantitative estimate of drug-likeness (QED) is 0.570. The topological polar surface area (TPSA) is 80.1 Å². The molecule has 1 unspecified atom stereocenters. The standard InChI is InChI=1S/C25H28ClN5O2S/c1-25(2,3)23-21-22(16-8-7-9-17(26)12-16)34-15-20(33)31(24(21)30(4)29-23)14-19(32)28-13-18-10-5-6-11-27-18/h5-12,22H,13-15H2,1-4H3,(H,28,32). The molecule has 3 aromatic rings. The van der Waals surface area contributed by atoms with Gasteiger partial charge in [0, 0.05) is 29.2 Å². The smallest absolute Gasteiger partial charge is 0.240 e. The zero-order chi connectivity index (χ0) is 24.5. The van der Waals surface area contributed by atoms with Gasteiger partial charge in [0.2, 0.25) is 11.8 Å². The van der Waals surface area contributed by atoms with E-state index in [1.165, 1.54) is 11.8 Å². The summed E-state index contributed by atoms with van der Waals surface area (Å²) in [7, 11) is 1.82. The number of nitrogens with one attached hydrogen (secondary N) is 1. The first-order valence-electron chi connectivity index (χ1n) is 11.1. The molecule has 1 atom stereocenters. The van der Waals surface area contributed by atoms with Gasteiger partial charge in [-0.15, -0.1) is 11.8 Å². The van der Waals surface area contributed by atoms with E-state index in [1.807, 2.05) is 49.5 Å². The van der Waals surface area contributed by atoms with Gasteiger partial charge < -0.3 is 5.32 Å². The summed E-state index contributed by atoms with van der Waals surface area (Å²) >= 11 is 7.85. The number of aromatic nitrogens is 3. The largest absolute Gasteiger partial charge is 0.349 e. The average Bonchev–Trinajstić information content (AvgIpc) is 3.06. The van der Waals surface area contributed by atoms with Crippen molar-refractivity contribution in [1.82, 2.24) is 20.1 Å². The first-order valence-corrected chi connectivity index (χ1v) is 12.5. The summed E-state index contributed by atoms with van der Waals surface area (Å²) in [6.45, 7) is 6.52.